The summed E-state index contributed by atoms with van der Waals surface area (Å²) in [6.45, 7) is 6.04. The summed E-state index contributed by atoms with van der Waals surface area (Å²) in [6, 6.07) is 7.19. The Morgan fingerprint density at radius 2 is 2.07 bits per heavy atom. The highest BCUT2D eigenvalue weighted by molar-refractivity contribution is 5.82. The third kappa shape index (κ3) is 4.35. The summed E-state index contributed by atoms with van der Waals surface area (Å²) in [5, 5.41) is 9.69. The molecule has 0 unspecified atom stereocenters. The van der Waals surface area contributed by atoms with E-state index in [1.165, 1.54) is 0 Å². The van der Waals surface area contributed by atoms with Crippen molar-refractivity contribution in [3.63, 3.8) is 0 Å². The van der Waals surface area contributed by atoms with Crippen molar-refractivity contribution >= 4 is 11.9 Å². The van der Waals surface area contributed by atoms with Gasteiger partial charge in [0.15, 0.2) is 6.61 Å². The number of hydrogen-bond donors (Lipinski definition) is 1. The summed E-state index contributed by atoms with van der Waals surface area (Å²) in [5.41, 5.74) is -0.890. The first-order valence-corrected chi connectivity index (χ1v) is 9.35. The topological polar surface area (TPSA) is 85.3 Å². The number of likely N-dealkylation sites (tertiary alicyclic amines) is 1. The number of fused-ring (bicyclic) bond motifs is 1. The molecule has 27 heavy (non-hydrogen) atoms. The van der Waals surface area contributed by atoms with E-state index in [1.54, 1.807) is 17.0 Å². The van der Waals surface area contributed by atoms with Gasteiger partial charge in [0, 0.05) is 31.7 Å². The van der Waals surface area contributed by atoms with Crippen LogP contribution in [0.5, 0.6) is 11.5 Å². The van der Waals surface area contributed by atoms with Crippen LogP contribution in [0.4, 0.5) is 0 Å². The average Bonchev–Trinajstić information content (AvgIpc) is 3.06. The summed E-state index contributed by atoms with van der Waals surface area (Å²) >= 11 is 0. The zero-order valence-corrected chi connectivity index (χ0v) is 15.8. The number of carboxylic acid groups (broad SMARTS) is 1. The first-order chi connectivity index (χ1) is 12.9. The average molecular weight is 377 g/mol. The predicted molar refractivity (Wildman–Crippen MR) is 97.8 cm³/mol. The third-order valence-corrected chi connectivity index (χ3v) is 5.24. The van der Waals surface area contributed by atoms with Gasteiger partial charge in [0.05, 0.1) is 18.6 Å². The van der Waals surface area contributed by atoms with E-state index in [-0.39, 0.29) is 25.0 Å². The summed E-state index contributed by atoms with van der Waals surface area (Å²) in [6.07, 6.45) is 0.437. The lowest BCUT2D eigenvalue weighted by Gasteiger charge is -2.33. The van der Waals surface area contributed by atoms with Gasteiger partial charge in [0.25, 0.3) is 5.91 Å². The van der Waals surface area contributed by atoms with Gasteiger partial charge < -0.3 is 24.2 Å². The highest BCUT2D eigenvalue weighted by Crippen LogP contribution is 2.42. The second-order valence-electron chi connectivity index (χ2n) is 7.73. The van der Waals surface area contributed by atoms with Gasteiger partial charge >= 0.3 is 5.97 Å². The maximum Gasteiger partial charge on any atom is 0.311 e. The normalized spacial score (nSPS) is 24.6. The van der Waals surface area contributed by atoms with Crippen LogP contribution in [0.25, 0.3) is 0 Å². The molecule has 0 aromatic heterocycles. The minimum atomic E-state index is -0.890. The van der Waals surface area contributed by atoms with E-state index in [0.29, 0.717) is 50.2 Å². The van der Waals surface area contributed by atoms with E-state index in [0.717, 1.165) is 0 Å². The second-order valence-corrected chi connectivity index (χ2v) is 7.73. The molecule has 0 aliphatic carbocycles. The molecule has 2 aliphatic rings. The maximum atomic E-state index is 12.6. The van der Waals surface area contributed by atoms with Crippen LogP contribution in [-0.4, -0.2) is 61.4 Å². The maximum absolute atomic E-state index is 12.6. The van der Waals surface area contributed by atoms with Crippen molar-refractivity contribution in [1.29, 1.82) is 0 Å². The largest absolute Gasteiger partial charge is 0.493 e. The first kappa shape index (κ1) is 19.5. The fourth-order valence-electron chi connectivity index (χ4n) is 3.64. The van der Waals surface area contributed by atoms with Crippen molar-refractivity contribution in [3.05, 3.63) is 24.3 Å². The molecule has 2 atom stereocenters. The molecule has 1 N–H and O–H groups in total. The Hall–Kier alpha value is -2.28. The van der Waals surface area contributed by atoms with Gasteiger partial charge in [0.1, 0.15) is 11.5 Å². The van der Waals surface area contributed by atoms with Crippen LogP contribution < -0.4 is 9.47 Å². The lowest BCUT2D eigenvalue weighted by atomic mass is 9.74. The highest BCUT2D eigenvalue weighted by atomic mass is 16.5. The van der Waals surface area contributed by atoms with Crippen molar-refractivity contribution in [3.8, 4) is 11.5 Å². The SMILES string of the molecule is CC(C)COc1cccc(OCC(=O)N2C[C@H]3COCC[C@@]3(C(=O)O)C2)c1. The molecule has 0 radical (unpaired) electrons. The van der Waals surface area contributed by atoms with Crippen molar-refractivity contribution in [2.24, 2.45) is 17.3 Å². The lowest BCUT2D eigenvalue weighted by Crippen LogP contribution is -2.45. The molecule has 1 aromatic carbocycles. The van der Waals surface area contributed by atoms with Crippen molar-refractivity contribution in [1.82, 2.24) is 4.90 Å². The van der Waals surface area contributed by atoms with Gasteiger partial charge in [-0.2, -0.15) is 0 Å². The third-order valence-electron chi connectivity index (χ3n) is 5.24. The second kappa shape index (κ2) is 8.17. The lowest BCUT2D eigenvalue weighted by molar-refractivity contribution is -0.157. The van der Waals surface area contributed by atoms with Crippen LogP contribution in [0.2, 0.25) is 0 Å². The molecule has 3 rings (SSSR count). The van der Waals surface area contributed by atoms with Crippen molar-refractivity contribution in [2.45, 2.75) is 20.3 Å². The molecule has 1 amide bonds. The fourth-order valence-corrected chi connectivity index (χ4v) is 3.64. The van der Waals surface area contributed by atoms with Gasteiger partial charge in [0.2, 0.25) is 0 Å². The standard InChI is InChI=1S/C20H27NO6/c1-14(2)10-26-16-4-3-5-17(8-16)27-12-18(22)21-9-15-11-25-7-6-20(15,13-21)19(23)24/h3-5,8,14-15H,6-7,9-13H2,1-2H3,(H,23,24)/t15-,20+/m0/s1. The summed E-state index contributed by atoms with van der Waals surface area (Å²) in [7, 11) is 0. The molecule has 0 bridgehead atoms. The molecule has 7 nitrogen and oxygen atoms in total. The van der Waals surface area contributed by atoms with E-state index in [4.69, 9.17) is 14.2 Å². The summed E-state index contributed by atoms with van der Waals surface area (Å²) in [4.78, 5) is 26.0. The van der Waals surface area contributed by atoms with Gasteiger partial charge in [-0.15, -0.1) is 0 Å². The number of aliphatic carboxylic acids is 1. The molecule has 2 saturated heterocycles. The fraction of sp³-hybridized carbons (Fsp3) is 0.600. The Labute approximate surface area is 159 Å². The van der Waals surface area contributed by atoms with E-state index in [2.05, 4.69) is 13.8 Å². The minimum absolute atomic E-state index is 0.128. The van der Waals surface area contributed by atoms with E-state index < -0.39 is 11.4 Å². The number of nitrogens with zero attached hydrogens (tertiary/aromatic N) is 1. The Morgan fingerprint density at radius 1 is 1.33 bits per heavy atom. The number of ether oxygens (including phenoxy) is 3. The smallest absolute Gasteiger partial charge is 0.311 e. The van der Waals surface area contributed by atoms with Crippen LogP contribution in [0.15, 0.2) is 24.3 Å². The molecule has 1 aromatic rings. The Balaban J connectivity index is 1.57. The number of hydrogen-bond acceptors (Lipinski definition) is 5. The van der Waals surface area contributed by atoms with Gasteiger partial charge in [-0.25, -0.2) is 0 Å². The summed E-state index contributed by atoms with van der Waals surface area (Å²) < 4.78 is 16.7. The molecule has 148 valence electrons. The van der Waals surface area contributed by atoms with Gasteiger partial charge in [-0.1, -0.05) is 19.9 Å². The molecule has 2 fully saturated rings. The molecular formula is C20H27NO6. The van der Waals surface area contributed by atoms with E-state index in [9.17, 15) is 14.7 Å². The van der Waals surface area contributed by atoms with E-state index >= 15 is 0 Å². The first-order valence-electron chi connectivity index (χ1n) is 9.35. The number of carbonyl (C=O) groups is 2. The number of carboxylic acids is 1. The number of carbonyl (C=O) groups excluding carboxylic acids is 1. The van der Waals surface area contributed by atoms with Gasteiger partial charge in [-0.3, -0.25) is 9.59 Å². The van der Waals surface area contributed by atoms with Crippen molar-refractivity contribution in [2.75, 3.05) is 39.5 Å². The van der Waals surface area contributed by atoms with E-state index in [1.807, 2.05) is 12.1 Å². The molecule has 7 heteroatoms. The Morgan fingerprint density at radius 3 is 2.74 bits per heavy atom. The summed E-state index contributed by atoms with van der Waals surface area (Å²) in [5.74, 6) is 0.446. The zero-order chi connectivity index (χ0) is 19.4. The van der Waals surface area contributed by atoms with Crippen LogP contribution in [0, 0.1) is 17.3 Å². The van der Waals surface area contributed by atoms with Crippen LogP contribution >= 0.6 is 0 Å². The van der Waals surface area contributed by atoms with Crippen LogP contribution in [0.1, 0.15) is 20.3 Å². The van der Waals surface area contributed by atoms with Crippen molar-refractivity contribution < 1.29 is 28.9 Å². The number of amides is 1. The Kier molecular flexibility index (Phi) is 5.89. The predicted octanol–water partition coefficient (Wildman–Crippen LogP) is 2.05. The molecule has 0 saturated carbocycles. The van der Waals surface area contributed by atoms with Crippen LogP contribution in [0.3, 0.4) is 0 Å². The quantitative estimate of drug-likeness (QED) is 0.783. The minimum Gasteiger partial charge on any atom is -0.493 e. The van der Waals surface area contributed by atoms with Crippen LogP contribution in [-0.2, 0) is 14.3 Å². The molecule has 0 spiro atoms. The molecule has 2 heterocycles. The number of rotatable bonds is 7. The number of benzene rings is 1. The molecule has 2 aliphatic heterocycles. The monoisotopic (exact) mass is 377 g/mol. The Bertz CT molecular complexity index is 691. The highest BCUT2D eigenvalue weighted by Gasteiger charge is 2.54. The zero-order valence-electron chi connectivity index (χ0n) is 15.8. The van der Waals surface area contributed by atoms with Gasteiger partial charge in [-0.05, 0) is 24.5 Å². The molecular weight excluding hydrogens is 350 g/mol.